The minimum atomic E-state index is -0.543. The molecule has 4 nitrogen and oxygen atoms in total. The van der Waals surface area contributed by atoms with Gasteiger partial charge in [-0.2, -0.15) is 0 Å². The van der Waals surface area contributed by atoms with Gasteiger partial charge in [-0.15, -0.1) is 0 Å². The molecule has 1 amide bonds. The molecule has 0 fully saturated rings. The predicted octanol–water partition coefficient (Wildman–Crippen LogP) is 6.29. The van der Waals surface area contributed by atoms with E-state index >= 15 is 0 Å². The molecule has 0 aliphatic carbocycles. The summed E-state index contributed by atoms with van der Waals surface area (Å²) in [5, 5.41) is 4.70. The Kier molecular flexibility index (Phi) is 6.39. The summed E-state index contributed by atoms with van der Waals surface area (Å²) in [5.74, 6) is 0. The molecule has 132 valence electrons. The fourth-order valence-electron chi connectivity index (χ4n) is 2.07. The van der Waals surface area contributed by atoms with Gasteiger partial charge in [-0.1, -0.05) is 41.0 Å². The Labute approximate surface area is 165 Å². The summed E-state index contributed by atoms with van der Waals surface area (Å²) >= 11 is 13.2. The lowest BCUT2D eigenvalue weighted by Gasteiger charge is -2.10. The van der Waals surface area contributed by atoms with Gasteiger partial charge in [0, 0.05) is 32.4 Å². The number of ether oxygens (including phenoxy) is 1. The molecule has 0 bridgehead atoms. The smallest absolute Gasteiger partial charge is 0.411 e. The van der Waals surface area contributed by atoms with Gasteiger partial charge in [-0.3, -0.25) is 5.32 Å². The molecule has 3 rings (SSSR count). The fraction of sp³-hybridized carbons (Fsp3) is 0.0526. The van der Waals surface area contributed by atoms with Gasteiger partial charge < -0.3 is 4.74 Å². The highest BCUT2D eigenvalue weighted by Gasteiger charge is 2.09. The van der Waals surface area contributed by atoms with E-state index in [2.05, 4.69) is 10.3 Å². The molecule has 0 unspecified atom stereocenters. The van der Waals surface area contributed by atoms with E-state index in [1.54, 1.807) is 30.5 Å². The summed E-state index contributed by atoms with van der Waals surface area (Å²) in [6.45, 7) is 0.114. The molecule has 0 aliphatic rings. The third-order valence-corrected chi connectivity index (χ3v) is 4.90. The van der Waals surface area contributed by atoms with Crippen LogP contribution in [0, 0.1) is 0 Å². The van der Waals surface area contributed by atoms with Gasteiger partial charge in [0.1, 0.15) is 11.6 Å². The Hall–Kier alpha value is -2.21. The first kappa shape index (κ1) is 18.6. The van der Waals surface area contributed by atoms with Crippen LogP contribution in [0.5, 0.6) is 0 Å². The first-order valence-corrected chi connectivity index (χ1v) is 9.24. The zero-order chi connectivity index (χ0) is 18.4. The minimum Gasteiger partial charge on any atom is -0.444 e. The molecule has 0 aliphatic heterocycles. The van der Waals surface area contributed by atoms with Crippen molar-refractivity contribution in [2.75, 3.05) is 5.32 Å². The molecule has 0 radical (unpaired) electrons. The third kappa shape index (κ3) is 5.39. The van der Waals surface area contributed by atoms with E-state index in [1.807, 2.05) is 36.4 Å². The number of anilines is 1. The van der Waals surface area contributed by atoms with Gasteiger partial charge in [-0.05, 0) is 54.6 Å². The van der Waals surface area contributed by atoms with E-state index in [0.29, 0.717) is 15.7 Å². The van der Waals surface area contributed by atoms with Crippen LogP contribution >= 0.6 is 35.0 Å². The first-order chi connectivity index (χ1) is 12.6. The number of rotatable bonds is 5. The number of nitrogens with zero attached hydrogens (tertiary/aromatic N) is 1. The monoisotopic (exact) mass is 404 g/mol. The fourth-order valence-corrected chi connectivity index (χ4v) is 3.19. The second-order valence-electron chi connectivity index (χ2n) is 5.23. The molecule has 0 saturated heterocycles. The van der Waals surface area contributed by atoms with Crippen molar-refractivity contribution in [3.05, 3.63) is 82.5 Å². The average molecular weight is 405 g/mol. The van der Waals surface area contributed by atoms with Crippen molar-refractivity contribution in [1.82, 2.24) is 4.98 Å². The Morgan fingerprint density at radius 1 is 1.00 bits per heavy atom. The molecule has 3 aromatic rings. The number of aromatic nitrogens is 1. The Balaban J connectivity index is 1.61. The maximum atomic E-state index is 12.0. The van der Waals surface area contributed by atoms with Crippen molar-refractivity contribution >= 4 is 46.7 Å². The van der Waals surface area contributed by atoms with Crippen LogP contribution in [0.2, 0.25) is 10.0 Å². The van der Waals surface area contributed by atoms with E-state index < -0.39 is 6.09 Å². The van der Waals surface area contributed by atoms with E-state index in [0.717, 1.165) is 15.5 Å². The maximum Gasteiger partial charge on any atom is 0.411 e. The van der Waals surface area contributed by atoms with Crippen LogP contribution in [0.1, 0.15) is 5.56 Å². The first-order valence-electron chi connectivity index (χ1n) is 7.67. The predicted molar refractivity (Wildman–Crippen MR) is 105 cm³/mol. The number of nitrogens with one attached hydrogen (secondary N) is 1. The lowest BCUT2D eigenvalue weighted by atomic mass is 10.3. The Bertz CT molecular complexity index is 887. The number of hydrogen-bond donors (Lipinski definition) is 1. The number of pyridine rings is 1. The van der Waals surface area contributed by atoms with Crippen molar-refractivity contribution in [3.8, 4) is 0 Å². The second-order valence-corrected chi connectivity index (χ2v) is 7.17. The van der Waals surface area contributed by atoms with Crippen LogP contribution in [-0.4, -0.2) is 11.1 Å². The van der Waals surface area contributed by atoms with E-state index in [4.69, 9.17) is 27.9 Å². The van der Waals surface area contributed by atoms with Crippen molar-refractivity contribution in [1.29, 1.82) is 0 Å². The molecule has 1 aromatic heterocycles. The van der Waals surface area contributed by atoms with Gasteiger partial charge in [0.2, 0.25) is 0 Å². The molecule has 0 spiro atoms. The number of halogens is 2. The van der Waals surface area contributed by atoms with Crippen molar-refractivity contribution in [3.63, 3.8) is 0 Å². The van der Waals surface area contributed by atoms with Crippen molar-refractivity contribution in [2.45, 2.75) is 16.5 Å². The molecular weight excluding hydrogens is 391 g/mol. The van der Waals surface area contributed by atoms with Crippen LogP contribution in [0.3, 0.4) is 0 Å². The highest BCUT2D eigenvalue weighted by molar-refractivity contribution is 7.99. The highest BCUT2D eigenvalue weighted by atomic mass is 35.5. The minimum absolute atomic E-state index is 0.114. The molecule has 2 aromatic carbocycles. The topological polar surface area (TPSA) is 51.2 Å². The average Bonchev–Trinajstić information content (AvgIpc) is 2.65. The van der Waals surface area contributed by atoms with Crippen LogP contribution in [0.25, 0.3) is 0 Å². The number of hydrogen-bond acceptors (Lipinski definition) is 4. The summed E-state index contributed by atoms with van der Waals surface area (Å²) in [6, 6.07) is 18.0. The van der Waals surface area contributed by atoms with Crippen LogP contribution in [0.4, 0.5) is 10.5 Å². The quantitative estimate of drug-likeness (QED) is 0.542. The van der Waals surface area contributed by atoms with Crippen molar-refractivity contribution in [2.24, 2.45) is 0 Å². The third-order valence-electron chi connectivity index (χ3n) is 3.33. The van der Waals surface area contributed by atoms with Gasteiger partial charge in [0.05, 0.1) is 0 Å². The highest BCUT2D eigenvalue weighted by Crippen LogP contribution is 2.29. The molecule has 1 N–H and O–H groups in total. The van der Waals surface area contributed by atoms with Crippen LogP contribution < -0.4 is 5.32 Å². The largest absolute Gasteiger partial charge is 0.444 e. The molecule has 1 heterocycles. The molecule has 7 heteroatoms. The van der Waals surface area contributed by atoms with E-state index in [-0.39, 0.29) is 6.61 Å². The maximum absolute atomic E-state index is 12.0. The van der Waals surface area contributed by atoms with Gasteiger partial charge in [-0.25, -0.2) is 9.78 Å². The number of carbonyl (C=O) groups excluding carboxylic acids is 1. The summed E-state index contributed by atoms with van der Waals surface area (Å²) in [5.41, 5.74) is 1.43. The summed E-state index contributed by atoms with van der Waals surface area (Å²) in [4.78, 5) is 17.3. The van der Waals surface area contributed by atoms with E-state index in [1.165, 1.54) is 11.8 Å². The standard InChI is InChI=1S/C19H14Cl2N2O2S/c20-14-3-7-16(8-4-14)23-19(24)25-12-13-2-1-11-22-18(13)26-17-9-5-15(21)6-10-17/h1-11H,12H2,(H,23,24). The van der Waals surface area contributed by atoms with Gasteiger partial charge in [0.25, 0.3) is 0 Å². The molecule has 26 heavy (non-hydrogen) atoms. The lowest BCUT2D eigenvalue weighted by Crippen LogP contribution is -2.13. The normalized spacial score (nSPS) is 10.4. The number of amides is 1. The zero-order valence-corrected chi connectivity index (χ0v) is 15.8. The lowest BCUT2D eigenvalue weighted by molar-refractivity contribution is 0.154. The zero-order valence-electron chi connectivity index (χ0n) is 13.5. The SMILES string of the molecule is O=C(Nc1ccc(Cl)cc1)OCc1cccnc1Sc1ccc(Cl)cc1. The van der Waals surface area contributed by atoms with Crippen molar-refractivity contribution < 1.29 is 9.53 Å². The Morgan fingerprint density at radius 2 is 1.65 bits per heavy atom. The molecular formula is C19H14Cl2N2O2S. The van der Waals surface area contributed by atoms with Gasteiger partial charge in [0.15, 0.2) is 0 Å². The molecule has 0 atom stereocenters. The molecule has 0 saturated carbocycles. The van der Waals surface area contributed by atoms with Crippen LogP contribution in [0.15, 0.2) is 76.8 Å². The van der Waals surface area contributed by atoms with E-state index in [9.17, 15) is 4.79 Å². The van der Waals surface area contributed by atoms with Crippen LogP contribution in [-0.2, 0) is 11.3 Å². The Morgan fingerprint density at radius 3 is 2.35 bits per heavy atom. The number of carbonyl (C=O) groups is 1. The second kappa shape index (κ2) is 8.94. The number of benzene rings is 2. The summed E-state index contributed by atoms with van der Waals surface area (Å²) in [7, 11) is 0. The summed E-state index contributed by atoms with van der Waals surface area (Å²) < 4.78 is 5.30. The summed E-state index contributed by atoms with van der Waals surface area (Å²) in [6.07, 6.45) is 1.16. The van der Waals surface area contributed by atoms with Gasteiger partial charge >= 0.3 is 6.09 Å².